The molecule has 1 atom stereocenters. The van der Waals surface area contributed by atoms with Gasteiger partial charge in [0.15, 0.2) is 0 Å². The van der Waals surface area contributed by atoms with Crippen LogP contribution < -0.4 is 5.32 Å². The first-order valence-corrected chi connectivity index (χ1v) is 6.06. The molecule has 0 aliphatic rings. The fourth-order valence-corrected chi connectivity index (χ4v) is 1.91. The largest absolute Gasteiger partial charge is 0.383 e. The number of rotatable bonds is 8. The molecule has 1 N–H and O–H groups in total. The van der Waals surface area contributed by atoms with Crippen molar-refractivity contribution in [1.82, 2.24) is 15.2 Å². The number of hydrogen-bond donors (Lipinski definition) is 1. The van der Waals surface area contributed by atoms with Crippen LogP contribution in [0.1, 0.15) is 12.5 Å². The number of pyridine rings is 1. The molecule has 0 saturated heterocycles. The molecule has 0 radical (unpaired) electrons. The average molecular weight is 237 g/mol. The molecule has 1 aromatic heterocycles. The zero-order valence-electron chi connectivity index (χ0n) is 11.0. The lowest BCUT2D eigenvalue weighted by Crippen LogP contribution is -2.42. The predicted octanol–water partition coefficient (Wildman–Crippen LogP) is 1.14. The van der Waals surface area contributed by atoms with Gasteiger partial charge < -0.3 is 15.0 Å². The lowest BCUT2D eigenvalue weighted by atomic mass is 10.2. The summed E-state index contributed by atoms with van der Waals surface area (Å²) in [7, 11) is 3.86. The van der Waals surface area contributed by atoms with Crippen molar-refractivity contribution >= 4 is 0 Å². The van der Waals surface area contributed by atoms with E-state index in [1.165, 1.54) is 5.56 Å². The second kappa shape index (κ2) is 8.17. The Labute approximate surface area is 104 Å². The number of methoxy groups -OCH3 is 1. The number of ether oxygens (including phenoxy) is 1. The van der Waals surface area contributed by atoms with E-state index in [1.807, 2.05) is 12.3 Å². The van der Waals surface area contributed by atoms with Crippen molar-refractivity contribution < 1.29 is 4.74 Å². The minimum atomic E-state index is 0.381. The molecule has 0 amide bonds. The Kier molecular flexibility index (Phi) is 6.77. The molecule has 0 aliphatic heterocycles. The van der Waals surface area contributed by atoms with Crippen LogP contribution in [0.2, 0.25) is 0 Å². The van der Waals surface area contributed by atoms with Crippen LogP contribution in [0.3, 0.4) is 0 Å². The van der Waals surface area contributed by atoms with Gasteiger partial charge in [0.2, 0.25) is 0 Å². The molecular weight excluding hydrogens is 214 g/mol. The van der Waals surface area contributed by atoms with Crippen molar-refractivity contribution in [3.05, 3.63) is 30.1 Å². The Morgan fingerprint density at radius 3 is 2.94 bits per heavy atom. The summed E-state index contributed by atoms with van der Waals surface area (Å²) in [5.74, 6) is 0. The number of nitrogens with zero attached hydrogens (tertiary/aromatic N) is 2. The molecule has 1 rings (SSSR count). The number of aromatic nitrogens is 1. The Morgan fingerprint density at radius 2 is 2.35 bits per heavy atom. The van der Waals surface area contributed by atoms with Crippen LogP contribution in [0.25, 0.3) is 0 Å². The van der Waals surface area contributed by atoms with Crippen LogP contribution in [-0.4, -0.2) is 49.8 Å². The number of hydrogen-bond acceptors (Lipinski definition) is 4. The Morgan fingerprint density at radius 1 is 1.53 bits per heavy atom. The maximum absolute atomic E-state index is 5.21. The molecule has 0 saturated carbocycles. The maximum Gasteiger partial charge on any atom is 0.0628 e. The van der Waals surface area contributed by atoms with Crippen molar-refractivity contribution in [2.45, 2.75) is 19.5 Å². The molecule has 0 fully saturated rings. The van der Waals surface area contributed by atoms with Crippen LogP contribution in [-0.2, 0) is 11.3 Å². The fourth-order valence-electron chi connectivity index (χ4n) is 1.91. The predicted molar refractivity (Wildman–Crippen MR) is 69.9 cm³/mol. The van der Waals surface area contributed by atoms with Gasteiger partial charge in [0, 0.05) is 38.6 Å². The summed E-state index contributed by atoms with van der Waals surface area (Å²) < 4.78 is 5.21. The van der Waals surface area contributed by atoms with Gasteiger partial charge in [0.25, 0.3) is 0 Å². The van der Waals surface area contributed by atoms with Gasteiger partial charge in [-0.1, -0.05) is 13.0 Å². The van der Waals surface area contributed by atoms with E-state index in [1.54, 1.807) is 13.3 Å². The molecule has 0 aliphatic carbocycles. The monoisotopic (exact) mass is 237 g/mol. The zero-order valence-corrected chi connectivity index (χ0v) is 11.0. The number of likely N-dealkylation sites (N-methyl/N-ethyl adjacent to an activating group) is 2. The molecule has 17 heavy (non-hydrogen) atoms. The highest BCUT2D eigenvalue weighted by molar-refractivity contribution is 5.07. The first-order valence-electron chi connectivity index (χ1n) is 6.06. The van der Waals surface area contributed by atoms with Gasteiger partial charge in [-0.2, -0.15) is 0 Å². The van der Waals surface area contributed by atoms with Gasteiger partial charge in [0.1, 0.15) is 0 Å². The van der Waals surface area contributed by atoms with Crippen molar-refractivity contribution in [3.63, 3.8) is 0 Å². The van der Waals surface area contributed by atoms with Crippen molar-refractivity contribution in [1.29, 1.82) is 0 Å². The lowest BCUT2D eigenvalue weighted by molar-refractivity contribution is 0.145. The highest BCUT2D eigenvalue weighted by atomic mass is 16.5. The van der Waals surface area contributed by atoms with Crippen LogP contribution in [0, 0.1) is 0 Å². The molecule has 1 heterocycles. The van der Waals surface area contributed by atoms with Crippen LogP contribution in [0.15, 0.2) is 24.5 Å². The molecule has 1 aromatic rings. The Balaban J connectivity index is 2.38. The van der Waals surface area contributed by atoms with Gasteiger partial charge in [0.05, 0.1) is 6.61 Å². The van der Waals surface area contributed by atoms with Crippen molar-refractivity contribution in [2.75, 3.05) is 33.9 Å². The SMILES string of the molecule is CCNC(COC)CN(C)Cc1cccnc1. The van der Waals surface area contributed by atoms with Gasteiger partial charge in [-0.25, -0.2) is 0 Å². The summed E-state index contributed by atoms with van der Waals surface area (Å²) in [5, 5.41) is 3.42. The van der Waals surface area contributed by atoms with E-state index < -0.39 is 0 Å². The quantitative estimate of drug-likeness (QED) is 0.735. The molecule has 0 bridgehead atoms. The molecule has 4 nitrogen and oxygen atoms in total. The van der Waals surface area contributed by atoms with Crippen molar-refractivity contribution in [3.8, 4) is 0 Å². The summed E-state index contributed by atoms with van der Waals surface area (Å²) in [6.45, 7) is 5.71. The second-order valence-corrected chi connectivity index (χ2v) is 4.27. The average Bonchev–Trinajstić information content (AvgIpc) is 2.30. The third-order valence-electron chi connectivity index (χ3n) is 2.57. The lowest BCUT2D eigenvalue weighted by Gasteiger charge is -2.24. The normalized spacial score (nSPS) is 12.9. The van der Waals surface area contributed by atoms with E-state index in [4.69, 9.17) is 4.74 Å². The standard InChI is InChI=1S/C13H23N3O/c1-4-15-13(11-17-3)10-16(2)9-12-6-5-7-14-8-12/h5-8,13,15H,4,9-11H2,1-3H3. The van der Waals surface area contributed by atoms with E-state index in [2.05, 4.69) is 35.2 Å². The maximum atomic E-state index is 5.21. The Bertz CT molecular complexity index is 286. The van der Waals surface area contributed by atoms with Crippen LogP contribution in [0.4, 0.5) is 0 Å². The molecule has 1 unspecified atom stereocenters. The van der Waals surface area contributed by atoms with Gasteiger partial charge >= 0.3 is 0 Å². The summed E-state index contributed by atoms with van der Waals surface area (Å²) in [6, 6.07) is 4.45. The summed E-state index contributed by atoms with van der Waals surface area (Å²) >= 11 is 0. The third kappa shape index (κ3) is 5.77. The smallest absolute Gasteiger partial charge is 0.0628 e. The summed E-state index contributed by atoms with van der Waals surface area (Å²) in [4.78, 5) is 6.40. The van der Waals surface area contributed by atoms with Gasteiger partial charge in [-0.15, -0.1) is 0 Å². The van der Waals surface area contributed by atoms with Crippen LogP contribution in [0.5, 0.6) is 0 Å². The van der Waals surface area contributed by atoms with Crippen LogP contribution >= 0.6 is 0 Å². The Hall–Kier alpha value is -0.970. The second-order valence-electron chi connectivity index (χ2n) is 4.27. The molecular formula is C13H23N3O. The fraction of sp³-hybridized carbons (Fsp3) is 0.615. The molecule has 96 valence electrons. The van der Waals surface area contributed by atoms with E-state index in [0.717, 1.165) is 26.2 Å². The molecule has 0 spiro atoms. The molecule has 4 heteroatoms. The van der Waals surface area contributed by atoms with Gasteiger partial charge in [-0.3, -0.25) is 4.98 Å². The minimum absolute atomic E-state index is 0.381. The van der Waals surface area contributed by atoms with E-state index in [-0.39, 0.29) is 0 Å². The van der Waals surface area contributed by atoms with E-state index >= 15 is 0 Å². The molecule has 0 aromatic carbocycles. The number of nitrogens with one attached hydrogen (secondary N) is 1. The van der Waals surface area contributed by atoms with E-state index in [9.17, 15) is 0 Å². The highest BCUT2D eigenvalue weighted by Gasteiger charge is 2.10. The highest BCUT2D eigenvalue weighted by Crippen LogP contribution is 2.01. The first kappa shape index (κ1) is 14.1. The third-order valence-corrected chi connectivity index (χ3v) is 2.57. The van der Waals surface area contributed by atoms with Crippen molar-refractivity contribution in [2.24, 2.45) is 0 Å². The van der Waals surface area contributed by atoms with Gasteiger partial charge in [-0.05, 0) is 25.2 Å². The summed E-state index contributed by atoms with van der Waals surface area (Å²) in [6.07, 6.45) is 3.71. The summed E-state index contributed by atoms with van der Waals surface area (Å²) in [5.41, 5.74) is 1.24. The topological polar surface area (TPSA) is 37.4 Å². The van der Waals surface area contributed by atoms with E-state index in [0.29, 0.717) is 6.04 Å². The first-order chi connectivity index (χ1) is 8.26. The zero-order chi connectivity index (χ0) is 12.5. The minimum Gasteiger partial charge on any atom is -0.383 e.